The van der Waals surface area contributed by atoms with E-state index in [1.807, 2.05) is 4.90 Å². The molecule has 0 unspecified atom stereocenters. The number of carbonyl (C=O) groups excluding carboxylic acids is 2. The Balaban J connectivity index is 1.27. The van der Waals surface area contributed by atoms with Gasteiger partial charge in [-0.2, -0.15) is 4.31 Å². The maximum absolute atomic E-state index is 13.4. The van der Waals surface area contributed by atoms with E-state index in [2.05, 4.69) is 5.32 Å². The molecule has 0 radical (unpaired) electrons. The smallest absolute Gasteiger partial charge is 0.243 e. The number of anilines is 1. The Morgan fingerprint density at radius 2 is 1.82 bits per heavy atom. The monoisotopic (exact) mass is 477 g/mol. The van der Waals surface area contributed by atoms with E-state index in [1.165, 1.54) is 4.31 Å². The first-order valence-electron chi connectivity index (χ1n) is 11.9. The average molecular weight is 478 g/mol. The summed E-state index contributed by atoms with van der Waals surface area (Å²) in [5.74, 6) is -0.902. The van der Waals surface area contributed by atoms with Crippen molar-refractivity contribution in [3.63, 3.8) is 0 Å². The molecule has 5 rings (SSSR count). The van der Waals surface area contributed by atoms with Crippen LogP contribution in [0, 0.1) is 5.92 Å². The van der Waals surface area contributed by atoms with Crippen LogP contribution in [0.15, 0.2) is 23.1 Å². The molecule has 1 atom stereocenters. The lowest BCUT2D eigenvalue weighted by atomic mass is 9.96. The molecule has 9 nitrogen and oxygen atoms in total. The standard InChI is InChI=1S/C23H31N3O6S/c27-21-5-1-3-17-15-19(6-7-20(17)24-21)33(29,30)26-10-2-4-18(16-26)22(28)25-11-8-23(9-12-25)31-13-14-32-23/h6-7,15,18H,1-5,8-14,16H2,(H,24,27)/t18-/m1/s1. The number of fused-ring (bicyclic) bond motifs is 1. The molecule has 3 saturated heterocycles. The minimum atomic E-state index is -3.73. The zero-order valence-corrected chi connectivity index (χ0v) is 19.6. The zero-order chi connectivity index (χ0) is 23.1. The molecule has 0 saturated carbocycles. The molecular weight excluding hydrogens is 446 g/mol. The normalized spacial score (nSPS) is 26.0. The third-order valence-corrected chi connectivity index (χ3v) is 9.08. The highest BCUT2D eigenvalue weighted by Gasteiger charge is 2.42. The summed E-state index contributed by atoms with van der Waals surface area (Å²) in [6.45, 7) is 2.93. The maximum atomic E-state index is 13.4. The van der Waals surface area contributed by atoms with E-state index < -0.39 is 15.8 Å². The van der Waals surface area contributed by atoms with Gasteiger partial charge in [0, 0.05) is 51.1 Å². The zero-order valence-electron chi connectivity index (χ0n) is 18.8. The van der Waals surface area contributed by atoms with Gasteiger partial charge in [0.25, 0.3) is 0 Å². The largest absolute Gasteiger partial charge is 0.347 e. The molecule has 33 heavy (non-hydrogen) atoms. The van der Waals surface area contributed by atoms with Crippen molar-refractivity contribution in [1.82, 2.24) is 9.21 Å². The highest BCUT2D eigenvalue weighted by molar-refractivity contribution is 7.89. The number of nitrogens with one attached hydrogen (secondary N) is 1. The molecule has 180 valence electrons. The minimum absolute atomic E-state index is 0.0207. The second-order valence-electron chi connectivity index (χ2n) is 9.36. The SMILES string of the molecule is O=C1CCCc2cc(S(=O)(=O)N3CCC[C@@H](C(=O)N4CCC5(CC4)OCCO5)C3)ccc2N1. The number of carbonyl (C=O) groups is 2. The second-order valence-corrected chi connectivity index (χ2v) is 11.3. The molecule has 0 aliphatic carbocycles. The molecule has 4 aliphatic rings. The topological polar surface area (TPSA) is 105 Å². The van der Waals surface area contributed by atoms with Crippen molar-refractivity contribution in [1.29, 1.82) is 0 Å². The predicted molar refractivity (Wildman–Crippen MR) is 120 cm³/mol. The number of hydrogen-bond donors (Lipinski definition) is 1. The van der Waals surface area contributed by atoms with E-state index in [0.717, 1.165) is 5.56 Å². The van der Waals surface area contributed by atoms with Gasteiger partial charge in [-0.05, 0) is 49.4 Å². The van der Waals surface area contributed by atoms with Gasteiger partial charge in [-0.3, -0.25) is 9.59 Å². The van der Waals surface area contributed by atoms with Crippen LogP contribution in [-0.4, -0.2) is 74.6 Å². The molecule has 2 amide bonds. The van der Waals surface area contributed by atoms with Gasteiger partial charge in [-0.25, -0.2) is 8.42 Å². The van der Waals surface area contributed by atoms with E-state index in [9.17, 15) is 18.0 Å². The lowest BCUT2D eigenvalue weighted by Gasteiger charge is -2.40. The summed E-state index contributed by atoms with van der Waals surface area (Å²) in [5.41, 5.74) is 1.52. The number of piperidine rings is 2. The Labute approximate surface area is 194 Å². The van der Waals surface area contributed by atoms with E-state index in [1.54, 1.807) is 18.2 Å². The van der Waals surface area contributed by atoms with Crippen LogP contribution < -0.4 is 5.32 Å². The summed E-state index contributed by atoms with van der Waals surface area (Å²) < 4.78 is 39.8. The molecule has 0 aromatic heterocycles. The maximum Gasteiger partial charge on any atom is 0.243 e. The van der Waals surface area contributed by atoms with Crippen LogP contribution in [0.5, 0.6) is 0 Å². The summed E-state index contributed by atoms with van der Waals surface area (Å²) in [4.78, 5) is 27.1. The van der Waals surface area contributed by atoms with Crippen LogP contribution in [0.3, 0.4) is 0 Å². The summed E-state index contributed by atoms with van der Waals surface area (Å²) in [5, 5.41) is 2.84. The van der Waals surface area contributed by atoms with Gasteiger partial charge in [0.2, 0.25) is 21.8 Å². The van der Waals surface area contributed by atoms with E-state index in [4.69, 9.17) is 9.47 Å². The first-order valence-corrected chi connectivity index (χ1v) is 13.3. The second kappa shape index (κ2) is 8.98. The van der Waals surface area contributed by atoms with Gasteiger partial charge < -0.3 is 19.7 Å². The van der Waals surface area contributed by atoms with Gasteiger partial charge in [0.15, 0.2) is 5.79 Å². The van der Waals surface area contributed by atoms with Gasteiger partial charge in [-0.15, -0.1) is 0 Å². The van der Waals surface area contributed by atoms with Gasteiger partial charge in [0.05, 0.1) is 24.0 Å². The Kier molecular flexibility index (Phi) is 6.19. The van der Waals surface area contributed by atoms with Gasteiger partial charge in [-0.1, -0.05) is 0 Å². The number of likely N-dealkylation sites (tertiary alicyclic amines) is 1. The Bertz CT molecular complexity index is 1030. The molecule has 1 aromatic rings. The highest BCUT2D eigenvalue weighted by Crippen LogP contribution is 2.33. The molecule has 0 bridgehead atoms. The Hall–Kier alpha value is -2.01. The van der Waals surface area contributed by atoms with E-state index in [-0.39, 0.29) is 29.2 Å². The minimum Gasteiger partial charge on any atom is -0.347 e. The van der Waals surface area contributed by atoms with Crippen molar-refractivity contribution in [2.75, 3.05) is 44.7 Å². The fourth-order valence-electron chi connectivity index (χ4n) is 5.33. The van der Waals surface area contributed by atoms with Crippen LogP contribution in [0.25, 0.3) is 0 Å². The van der Waals surface area contributed by atoms with Crippen molar-refractivity contribution < 1.29 is 27.5 Å². The van der Waals surface area contributed by atoms with Crippen LogP contribution in [0.2, 0.25) is 0 Å². The van der Waals surface area contributed by atoms with Crippen LogP contribution >= 0.6 is 0 Å². The quantitative estimate of drug-likeness (QED) is 0.711. The number of nitrogens with zero attached hydrogens (tertiary/aromatic N) is 2. The lowest BCUT2D eigenvalue weighted by molar-refractivity contribution is -0.188. The number of sulfonamides is 1. The number of benzene rings is 1. The molecule has 4 heterocycles. The summed E-state index contributed by atoms with van der Waals surface area (Å²) >= 11 is 0. The number of rotatable bonds is 3. The third kappa shape index (κ3) is 4.53. The van der Waals surface area contributed by atoms with E-state index in [0.29, 0.717) is 83.5 Å². The van der Waals surface area contributed by atoms with Crippen LogP contribution in [-0.2, 0) is 35.5 Å². The summed E-state index contributed by atoms with van der Waals surface area (Å²) in [6.07, 6.45) is 4.43. The predicted octanol–water partition coefficient (Wildman–Crippen LogP) is 1.73. The number of hydrogen-bond acceptors (Lipinski definition) is 6. The fourth-order valence-corrected chi connectivity index (χ4v) is 6.91. The third-order valence-electron chi connectivity index (χ3n) is 7.22. The Morgan fingerprint density at radius 3 is 2.58 bits per heavy atom. The fraction of sp³-hybridized carbons (Fsp3) is 0.652. The van der Waals surface area contributed by atoms with Crippen molar-refractivity contribution in [2.24, 2.45) is 5.92 Å². The molecule has 1 aromatic carbocycles. The summed E-state index contributed by atoms with van der Waals surface area (Å²) in [6, 6.07) is 4.90. The van der Waals surface area contributed by atoms with Gasteiger partial charge in [0.1, 0.15) is 0 Å². The molecule has 1 N–H and O–H groups in total. The van der Waals surface area contributed by atoms with Crippen LogP contribution in [0.1, 0.15) is 44.1 Å². The molecular formula is C23H31N3O6S. The van der Waals surface area contributed by atoms with Gasteiger partial charge >= 0.3 is 0 Å². The molecule has 3 fully saturated rings. The van der Waals surface area contributed by atoms with Crippen molar-refractivity contribution in [3.8, 4) is 0 Å². The van der Waals surface area contributed by atoms with Crippen molar-refractivity contribution in [2.45, 2.75) is 55.6 Å². The average Bonchev–Trinajstić information content (AvgIpc) is 3.18. The molecule has 1 spiro atoms. The first kappa shape index (κ1) is 22.8. The highest BCUT2D eigenvalue weighted by atomic mass is 32.2. The van der Waals surface area contributed by atoms with Crippen molar-refractivity contribution in [3.05, 3.63) is 23.8 Å². The Morgan fingerprint density at radius 1 is 1.06 bits per heavy atom. The number of amides is 2. The van der Waals surface area contributed by atoms with Crippen LogP contribution in [0.4, 0.5) is 5.69 Å². The lowest BCUT2D eigenvalue weighted by Crippen LogP contribution is -2.51. The first-order chi connectivity index (χ1) is 15.9. The van der Waals surface area contributed by atoms with E-state index >= 15 is 0 Å². The summed E-state index contributed by atoms with van der Waals surface area (Å²) in [7, 11) is -3.73. The molecule has 10 heteroatoms. The number of aryl methyl sites for hydroxylation is 1. The van der Waals surface area contributed by atoms with Crippen molar-refractivity contribution >= 4 is 27.5 Å². The number of ether oxygens (including phenoxy) is 2. The molecule has 4 aliphatic heterocycles.